The van der Waals surface area contributed by atoms with Gasteiger partial charge in [-0.2, -0.15) is 5.26 Å². The molecule has 2 rings (SSSR count). The Hall–Kier alpha value is -3.00. The van der Waals surface area contributed by atoms with E-state index in [0.717, 1.165) is 11.3 Å². The number of nitrogens with zero attached hydrogens (tertiary/aromatic N) is 1. The Kier molecular flexibility index (Phi) is 4.10. The summed E-state index contributed by atoms with van der Waals surface area (Å²) in [5.41, 5.74) is 9.95. The second-order valence-corrected chi connectivity index (χ2v) is 4.65. The summed E-state index contributed by atoms with van der Waals surface area (Å²) < 4.78 is 0. The lowest BCUT2D eigenvalue weighted by molar-refractivity contribution is 0.0963. The van der Waals surface area contributed by atoms with Gasteiger partial charge in [-0.1, -0.05) is 6.07 Å². The number of nitrogens with one attached hydrogen (secondary N) is 2. The number of aryl methyl sites for hydroxylation is 1. The Morgan fingerprint density at radius 1 is 1.19 bits per heavy atom. The monoisotopic (exact) mass is 280 g/mol. The summed E-state index contributed by atoms with van der Waals surface area (Å²) in [6, 6.07) is 12.5. The van der Waals surface area contributed by atoms with Crippen molar-refractivity contribution in [3.8, 4) is 6.07 Å². The smallest absolute Gasteiger partial charge is 0.251 e. The van der Waals surface area contributed by atoms with E-state index in [1.165, 1.54) is 0 Å². The zero-order valence-electron chi connectivity index (χ0n) is 11.9. The topological polar surface area (TPSA) is 90.9 Å². The van der Waals surface area contributed by atoms with Gasteiger partial charge in [0, 0.05) is 18.3 Å². The summed E-state index contributed by atoms with van der Waals surface area (Å²) in [6.07, 6.45) is 0. The van der Waals surface area contributed by atoms with Crippen LogP contribution in [0.25, 0.3) is 0 Å². The molecule has 0 saturated heterocycles. The molecule has 0 aliphatic rings. The van der Waals surface area contributed by atoms with Crippen molar-refractivity contribution in [3.63, 3.8) is 0 Å². The summed E-state index contributed by atoms with van der Waals surface area (Å²) in [4.78, 5) is 11.7. The largest absolute Gasteiger partial charge is 0.397 e. The van der Waals surface area contributed by atoms with Crippen LogP contribution in [0.3, 0.4) is 0 Å². The average Bonchev–Trinajstić information content (AvgIpc) is 2.50. The predicted octanol–water partition coefficient (Wildman–Crippen LogP) is 2.55. The van der Waals surface area contributed by atoms with Gasteiger partial charge in [0.2, 0.25) is 0 Å². The molecule has 0 aliphatic heterocycles. The molecule has 0 unspecified atom stereocenters. The molecule has 0 aliphatic carbocycles. The molecule has 0 bridgehead atoms. The molecule has 0 atom stereocenters. The minimum atomic E-state index is -0.180. The molecule has 0 saturated carbocycles. The van der Waals surface area contributed by atoms with E-state index in [0.29, 0.717) is 22.5 Å². The van der Waals surface area contributed by atoms with Gasteiger partial charge in [0.1, 0.15) is 0 Å². The van der Waals surface area contributed by atoms with Crippen LogP contribution < -0.4 is 16.4 Å². The molecule has 2 aromatic carbocycles. The Bertz CT molecular complexity index is 732. The number of anilines is 3. The zero-order chi connectivity index (χ0) is 15.4. The second-order valence-electron chi connectivity index (χ2n) is 4.65. The predicted molar refractivity (Wildman–Crippen MR) is 83.4 cm³/mol. The Balaban J connectivity index is 2.39. The quantitative estimate of drug-likeness (QED) is 0.753. The zero-order valence-corrected chi connectivity index (χ0v) is 11.9. The third kappa shape index (κ3) is 3.12. The molecule has 0 spiro atoms. The second kappa shape index (κ2) is 5.97. The van der Waals surface area contributed by atoms with E-state index in [1.54, 1.807) is 37.4 Å². The molecular weight excluding hydrogens is 264 g/mol. The lowest BCUT2D eigenvalue weighted by atomic mass is 10.1. The molecule has 1 amide bonds. The summed E-state index contributed by atoms with van der Waals surface area (Å²) in [5.74, 6) is -0.180. The lowest BCUT2D eigenvalue weighted by Crippen LogP contribution is -2.18. The number of hydrogen-bond donors (Lipinski definition) is 3. The fourth-order valence-electron chi connectivity index (χ4n) is 1.92. The number of rotatable bonds is 3. The average molecular weight is 280 g/mol. The molecule has 0 fully saturated rings. The molecule has 5 nitrogen and oxygen atoms in total. The van der Waals surface area contributed by atoms with Crippen LogP contribution in [0.4, 0.5) is 17.1 Å². The maximum Gasteiger partial charge on any atom is 0.251 e. The van der Waals surface area contributed by atoms with Crippen LogP contribution in [0.15, 0.2) is 36.4 Å². The molecule has 0 heterocycles. The van der Waals surface area contributed by atoms with Gasteiger partial charge in [-0.05, 0) is 42.8 Å². The van der Waals surface area contributed by atoms with Crippen LogP contribution in [0.2, 0.25) is 0 Å². The van der Waals surface area contributed by atoms with Crippen molar-refractivity contribution in [1.82, 2.24) is 5.32 Å². The molecule has 5 heteroatoms. The van der Waals surface area contributed by atoms with Crippen LogP contribution in [-0.2, 0) is 0 Å². The van der Waals surface area contributed by atoms with E-state index < -0.39 is 0 Å². The highest BCUT2D eigenvalue weighted by Gasteiger charge is 2.08. The summed E-state index contributed by atoms with van der Waals surface area (Å²) in [6.45, 7) is 1.93. The number of carbonyl (C=O) groups is 1. The van der Waals surface area contributed by atoms with Crippen LogP contribution in [0.1, 0.15) is 21.5 Å². The first-order chi connectivity index (χ1) is 10.0. The van der Waals surface area contributed by atoms with Gasteiger partial charge in [0.15, 0.2) is 0 Å². The number of nitrogen functional groups attached to an aromatic ring is 1. The highest BCUT2D eigenvalue weighted by Crippen LogP contribution is 2.27. The van der Waals surface area contributed by atoms with Crippen molar-refractivity contribution >= 4 is 23.0 Å². The van der Waals surface area contributed by atoms with Crippen molar-refractivity contribution in [1.29, 1.82) is 5.26 Å². The van der Waals surface area contributed by atoms with Gasteiger partial charge in [-0.3, -0.25) is 4.79 Å². The van der Waals surface area contributed by atoms with Crippen molar-refractivity contribution in [2.24, 2.45) is 0 Å². The van der Waals surface area contributed by atoms with Crippen LogP contribution >= 0.6 is 0 Å². The van der Waals surface area contributed by atoms with E-state index >= 15 is 0 Å². The summed E-state index contributed by atoms with van der Waals surface area (Å²) in [5, 5.41) is 14.7. The first kappa shape index (κ1) is 14.4. The van der Waals surface area contributed by atoms with Crippen molar-refractivity contribution < 1.29 is 4.79 Å². The summed E-state index contributed by atoms with van der Waals surface area (Å²) in [7, 11) is 1.58. The minimum absolute atomic E-state index is 0.180. The Labute approximate surface area is 123 Å². The van der Waals surface area contributed by atoms with Gasteiger partial charge in [0.05, 0.1) is 23.0 Å². The van der Waals surface area contributed by atoms with Crippen LogP contribution in [0, 0.1) is 18.3 Å². The molecule has 106 valence electrons. The number of nitrogens with two attached hydrogens (primary N) is 1. The van der Waals surface area contributed by atoms with E-state index in [2.05, 4.69) is 16.7 Å². The van der Waals surface area contributed by atoms with Crippen LogP contribution in [0.5, 0.6) is 0 Å². The van der Waals surface area contributed by atoms with Gasteiger partial charge in [-0.25, -0.2) is 0 Å². The fraction of sp³-hybridized carbons (Fsp3) is 0.125. The van der Waals surface area contributed by atoms with Crippen molar-refractivity contribution in [2.45, 2.75) is 6.92 Å². The summed E-state index contributed by atoms with van der Waals surface area (Å²) >= 11 is 0. The highest BCUT2D eigenvalue weighted by atomic mass is 16.1. The van der Waals surface area contributed by atoms with Gasteiger partial charge in [0.25, 0.3) is 5.91 Å². The first-order valence-corrected chi connectivity index (χ1v) is 6.44. The number of hydrogen-bond acceptors (Lipinski definition) is 4. The van der Waals surface area contributed by atoms with Gasteiger partial charge < -0.3 is 16.4 Å². The fourth-order valence-corrected chi connectivity index (χ4v) is 1.92. The highest BCUT2D eigenvalue weighted by molar-refractivity contribution is 5.96. The van der Waals surface area contributed by atoms with Crippen molar-refractivity contribution in [2.75, 3.05) is 18.1 Å². The van der Waals surface area contributed by atoms with Crippen LogP contribution in [-0.4, -0.2) is 13.0 Å². The number of nitriles is 1. The van der Waals surface area contributed by atoms with Gasteiger partial charge in [-0.15, -0.1) is 0 Å². The molecular formula is C16H16N4O. The number of benzene rings is 2. The molecule has 4 N–H and O–H groups in total. The van der Waals surface area contributed by atoms with Crippen molar-refractivity contribution in [3.05, 3.63) is 53.1 Å². The Morgan fingerprint density at radius 3 is 2.62 bits per heavy atom. The molecule has 2 aromatic rings. The molecule has 21 heavy (non-hydrogen) atoms. The third-order valence-electron chi connectivity index (χ3n) is 3.18. The maximum atomic E-state index is 11.7. The van der Waals surface area contributed by atoms with E-state index in [4.69, 9.17) is 11.0 Å². The maximum absolute atomic E-state index is 11.7. The molecule has 0 radical (unpaired) electrons. The van der Waals surface area contributed by atoms with E-state index in [9.17, 15) is 4.79 Å². The van der Waals surface area contributed by atoms with Gasteiger partial charge >= 0.3 is 0 Å². The standard InChI is InChI=1S/C16H16N4O/c1-10-3-4-11(9-17)7-14(10)20-15-8-12(16(21)19-2)5-6-13(15)18/h3-8,20H,18H2,1-2H3,(H,19,21). The minimum Gasteiger partial charge on any atom is -0.397 e. The van der Waals surface area contributed by atoms with E-state index in [-0.39, 0.29) is 5.91 Å². The SMILES string of the molecule is CNC(=O)c1ccc(N)c(Nc2cc(C#N)ccc2C)c1. The third-order valence-corrected chi connectivity index (χ3v) is 3.18. The van der Waals surface area contributed by atoms with E-state index in [1.807, 2.05) is 13.0 Å². The Morgan fingerprint density at radius 2 is 1.95 bits per heavy atom. The lowest BCUT2D eigenvalue weighted by Gasteiger charge is -2.13. The first-order valence-electron chi connectivity index (χ1n) is 6.44. The number of amides is 1. The normalized spacial score (nSPS) is 9.76. The number of carbonyl (C=O) groups excluding carboxylic acids is 1. The molecule has 0 aromatic heterocycles.